The number of carbonyl (C=O) groups is 1. The van der Waals surface area contributed by atoms with Gasteiger partial charge in [-0.3, -0.25) is 18.8 Å². The molecule has 0 unspecified atom stereocenters. The van der Waals surface area contributed by atoms with Gasteiger partial charge in [0.1, 0.15) is 12.3 Å². The molecule has 0 saturated carbocycles. The molecule has 4 rings (SSSR count). The fourth-order valence-electron chi connectivity index (χ4n) is 3.36. The van der Waals surface area contributed by atoms with Gasteiger partial charge in [-0.1, -0.05) is 25.5 Å². The molecule has 0 bridgehead atoms. The van der Waals surface area contributed by atoms with E-state index in [4.69, 9.17) is 4.74 Å². The Labute approximate surface area is 181 Å². The van der Waals surface area contributed by atoms with Crippen LogP contribution in [-0.2, 0) is 29.1 Å². The van der Waals surface area contributed by atoms with Gasteiger partial charge in [0, 0.05) is 30.6 Å². The Kier molecular flexibility index (Phi) is 6.22. The molecule has 0 spiro atoms. The molecule has 4 aromatic rings. The maximum absolute atomic E-state index is 12.9. The summed E-state index contributed by atoms with van der Waals surface area (Å²) in [5, 5.41) is 1.77. The third-order valence-electron chi connectivity index (χ3n) is 4.96. The first-order chi connectivity index (χ1) is 15.1. The molecule has 0 fully saturated rings. The first-order valence-electron chi connectivity index (χ1n) is 10.2. The van der Waals surface area contributed by atoms with Crippen molar-refractivity contribution in [2.45, 2.75) is 45.8 Å². The van der Waals surface area contributed by atoms with Gasteiger partial charge in [-0.05, 0) is 18.6 Å². The van der Waals surface area contributed by atoms with Crippen LogP contribution in [0.3, 0.4) is 0 Å². The maximum Gasteiger partial charge on any atom is 0.306 e. The van der Waals surface area contributed by atoms with Gasteiger partial charge in [0.2, 0.25) is 0 Å². The van der Waals surface area contributed by atoms with Gasteiger partial charge in [0.15, 0.2) is 4.96 Å². The van der Waals surface area contributed by atoms with E-state index in [1.54, 1.807) is 16.1 Å². The Balaban J connectivity index is 1.45. The monoisotopic (exact) mass is 438 g/mol. The van der Waals surface area contributed by atoms with Crippen LogP contribution in [0.1, 0.15) is 37.6 Å². The molecule has 0 saturated heterocycles. The number of fused-ring (bicyclic) bond motifs is 2. The van der Waals surface area contributed by atoms with Gasteiger partial charge in [-0.15, -0.1) is 11.3 Å². The summed E-state index contributed by atoms with van der Waals surface area (Å²) < 4.78 is 8.44. The minimum atomic E-state index is -0.470. The molecule has 0 aliphatic carbocycles. The van der Waals surface area contributed by atoms with E-state index in [1.165, 1.54) is 21.8 Å². The van der Waals surface area contributed by atoms with E-state index in [9.17, 15) is 14.4 Å². The Morgan fingerprint density at radius 2 is 2.03 bits per heavy atom. The molecule has 8 nitrogen and oxygen atoms in total. The van der Waals surface area contributed by atoms with E-state index >= 15 is 0 Å². The number of ether oxygens (including phenoxy) is 1. The van der Waals surface area contributed by atoms with Gasteiger partial charge < -0.3 is 9.30 Å². The van der Waals surface area contributed by atoms with Gasteiger partial charge >= 0.3 is 5.97 Å². The van der Waals surface area contributed by atoms with Crippen LogP contribution in [0.25, 0.3) is 16.0 Å². The first-order valence-corrected chi connectivity index (χ1v) is 11.0. The lowest BCUT2D eigenvalue weighted by atomic mass is 10.2. The number of carbonyl (C=O) groups excluding carboxylic acids is 1. The molecule has 0 atom stereocenters. The topological polar surface area (TPSA) is 95.6 Å². The molecular weight excluding hydrogens is 416 g/mol. The first kappa shape index (κ1) is 20.9. The third-order valence-corrected chi connectivity index (χ3v) is 5.72. The third kappa shape index (κ3) is 4.56. The summed E-state index contributed by atoms with van der Waals surface area (Å²) in [4.78, 5) is 46.5. The molecule has 0 aliphatic rings. The maximum atomic E-state index is 12.9. The van der Waals surface area contributed by atoms with Gasteiger partial charge in [-0.25, -0.2) is 9.97 Å². The Morgan fingerprint density at radius 1 is 1.19 bits per heavy atom. The quantitative estimate of drug-likeness (QED) is 0.393. The molecular formula is C22H22N4O4S. The van der Waals surface area contributed by atoms with Crippen molar-refractivity contribution >= 4 is 33.3 Å². The molecule has 9 heteroatoms. The summed E-state index contributed by atoms with van der Waals surface area (Å²) in [6, 6.07) is 8.87. The number of hydrogen-bond acceptors (Lipinski definition) is 7. The van der Waals surface area contributed by atoms with E-state index in [2.05, 4.69) is 16.9 Å². The number of para-hydroxylation sites is 2. The van der Waals surface area contributed by atoms with Crippen LogP contribution in [0.15, 0.2) is 51.5 Å². The number of benzene rings is 1. The van der Waals surface area contributed by atoms with Gasteiger partial charge in [0.05, 0.1) is 23.1 Å². The van der Waals surface area contributed by atoms with E-state index in [1.807, 2.05) is 24.3 Å². The average molecular weight is 439 g/mol. The summed E-state index contributed by atoms with van der Waals surface area (Å²) >= 11 is 1.33. The lowest BCUT2D eigenvalue weighted by Crippen LogP contribution is -2.26. The second kappa shape index (κ2) is 9.22. The number of aryl methyl sites for hydroxylation is 2. The predicted molar refractivity (Wildman–Crippen MR) is 118 cm³/mol. The molecule has 3 heterocycles. The normalized spacial score (nSPS) is 11.3. The zero-order valence-electron chi connectivity index (χ0n) is 17.1. The lowest BCUT2D eigenvalue weighted by molar-refractivity contribution is -0.145. The predicted octanol–water partition coefficient (Wildman–Crippen LogP) is 2.94. The molecule has 3 aromatic heterocycles. The largest absolute Gasteiger partial charge is 0.459 e. The van der Waals surface area contributed by atoms with Crippen LogP contribution in [0.2, 0.25) is 0 Å². The van der Waals surface area contributed by atoms with Crippen LogP contribution < -0.4 is 11.1 Å². The fraction of sp³-hybridized carbons (Fsp3) is 0.318. The van der Waals surface area contributed by atoms with Gasteiger partial charge in [-0.2, -0.15) is 0 Å². The highest BCUT2D eigenvalue weighted by molar-refractivity contribution is 7.15. The van der Waals surface area contributed by atoms with Crippen molar-refractivity contribution < 1.29 is 9.53 Å². The highest BCUT2D eigenvalue weighted by Gasteiger charge is 2.13. The van der Waals surface area contributed by atoms with Crippen LogP contribution >= 0.6 is 11.3 Å². The minimum absolute atomic E-state index is 0.0224. The van der Waals surface area contributed by atoms with E-state index in [0.29, 0.717) is 22.9 Å². The van der Waals surface area contributed by atoms with Crippen LogP contribution in [0.5, 0.6) is 0 Å². The van der Waals surface area contributed by atoms with Crippen molar-refractivity contribution in [3.8, 4) is 0 Å². The number of esters is 1. The van der Waals surface area contributed by atoms with Crippen molar-refractivity contribution in [3.63, 3.8) is 0 Å². The SMILES string of the molecule is CCCCn1c(=O)c(CCC(=O)OCc2cc(=O)n3ccsc3n2)nc2ccccc21. The number of thiazole rings is 1. The molecule has 1 aromatic carbocycles. The van der Waals surface area contributed by atoms with Crippen LogP contribution in [0.4, 0.5) is 0 Å². The standard InChI is InChI=1S/C22H22N4O4S/c1-2-3-10-25-18-7-5-4-6-16(18)24-17(21(25)29)8-9-20(28)30-14-15-13-19(27)26-11-12-31-22(26)23-15/h4-7,11-13H,2-3,8-10,14H2,1H3. The lowest BCUT2D eigenvalue weighted by Gasteiger charge is -2.12. The Morgan fingerprint density at radius 3 is 2.87 bits per heavy atom. The highest BCUT2D eigenvalue weighted by Crippen LogP contribution is 2.12. The number of nitrogens with zero attached hydrogens (tertiary/aromatic N) is 4. The number of aromatic nitrogens is 4. The summed E-state index contributed by atoms with van der Waals surface area (Å²) in [6.45, 7) is 2.60. The van der Waals surface area contributed by atoms with Crippen molar-refractivity contribution in [1.29, 1.82) is 0 Å². The minimum Gasteiger partial charge on any atom is -0.459 e. The van der Waals surface area contributed by atoms with Crippen LogP contribution in [-0.4, -0.2) is 24.9 Å². The van der Waals surface area contributed by atoms with E-state index < -0.39 is 5.97 Å². The summed E-state index contributed by atoms with van der Waals surface area (Å²) in [5.41, 5.74) is 1.89. The molecule has 0 N–H and O–H groups in total. The fourth-order valence-corrected chi connectivity index (χ4v) is 4.09. The van der Waals surface area contributed by atoms with Crippen molar-refractivity contribution in [2.24, 2.45) is 0 Å². The average Bonchev–Trinajstić information content (AvgIpc) is 3.25. The zero-order chi connectivity index (χ0) is 21.8. The zero-order valence-corrected chi connectivity index (χ0v) is 17.9. The molecule has 0 aliphatic heterocycles. The Hall–Kier alpha value is -3.33. The number of unbranched alkanes of at least 4 members (excludes halogenated alkanes) is 1. The van der Waals surface area contributed by atoms with Crippen molar-refractivity contribution in [3.05, 3.63) is 74.0 Å². The second-order valence-electron chi connectivity index (χ2n) is 7.16. The van der Waals surface area contributed by atoms with E-state index in [-0.39, 0.29) is 30.6 Å². The molecule has 0 radical (unpaired) electrons. The summed E-state index contributed by atoms with van der Waals surface area (Å²) in [6.07, 6.45) is 3.72. The van der Waals surface area contributed by atoms with Crippen LogP contribution in [0, 0.1) is 0 Å². The van der Waals surface area contributed by atoms with Crippen molar-refractivity contribution in [1.82, 2.24) is 18.9 Å². The Bertz CT molecular complexity index is 1360. The molecule has 0 amide bonds. The highest BCUT2D eigenvalue weighted by atomic mass is 32.1. The van der Waals surface area contributed by atoms with Crippen molar-refractivity contribution in [2.75, 3.05) is 0 Å². The second-order valence-corrected chi connectivity index (χ2v) is 8.03. The molecule has 31 heavy (non-hydrogen) atoms. The smallest absolute Gasteiger partial charge is 0.306 e. The summed E-state index contributed by atoms with van der Waals surface area (Å²) in [7, 11) is 0. The summed E-state index contributed by atoms with van der Waals surface area (Å²) in [5.74, 6) is -0.470. The number of rotatable bonds is 8. The number of hydrogen-bond donors (Lipinski definition) is 0. The van der Waals surface area contributed by atoms with E-state index in [0.717, 1.165) is 23.9 Å². The molecule has 160 valence electrons. The van der Waals surface area contributed by atoms with Gasteiger partial charge in [0.25, 0.3) is 11.1 Å².